The molecule has 0 aliphatic carbocycles. The van der Waals surface area contributed by atoms with Crippen LogP contribution in [0.4, 0.5) is 0 Å². The molecule has 1 saturated heterocycles. The van der Waals surface area contributed by atoms with E-state index in [4.69, 9.17) is 9.47 Å². The Labute approximate surface area is 126 Å². The summed E-state index contributed by atoms with van der Waals surface area (Å²) in [6.45, 7) is 5.55. The fraction of sp³-hybridized carbons (Fsp3) is 0.733. The van der Waals surface area contributed by atoms with E-state index in [-0.39, 0.29) is 5.97 Å². The summed E-state index contributed by atoms with van der Waals surface area (Å²) in [5, 5.41) is 4.18. The first-order valence-electron chi connectivity index (χ1n) is 7.56. The lowest BCUT2D eigenvalue weighted by molar-refractivity contribution is 0.0405. The third-order valence-electron chi connectivity index (χ3n) is 3.80. The Morgan fingerprint density at radius 3 is 3.10 bits per heavy atom. The van der Waals surface area contributed by atoms with Crippen molar-refractivity contribution in [2.75, 3.05) is 33.4 Å². The zero-order chi connectivity index (χ0) is 15.2. The highest BCUT2D eigenvalue weighted by Gasteiger charge is 2.21. The van der Waals surface area contributed by atoms with E-state index in [1.165, 1.54) is 6.42 Å². The maximum Gasteiger partial charge on any atom is 0.341 e. The van der Waals surface area contributed by atoms with Gasteiger partial charge in [-0.1, -0.05) is 0 Å². The van der Waals surface area contributed by atoms with Crippen molar-refractivity contribution in [1.82, 2.24) is 14.7 Å². The van der Waals surface area contributed by atoms with E-state index in [1.54, 1.807) is 10.9 Å². The Bertz CT molecular complexity index is 467. The molecular weight excluding hydrogens is 270 g/mol. The molecule has 0 amide bonds. The van der Waals surface area contributed by atoms with Crippen molar-refractivity contribution in [3.8, 4) is 0 Å². The molecule has 1 aromatic heterocycles. The number of nitrogens with zero attached hydrogens (tertiary/aromatic N) is 3. The highest BCUT2D eigenvalue weighted by molar-refractivity contribution is 5.90. The maximum absolute atomic E-state index is 11.9. The average molecular weight is 295 g/mol. The average Bonchev–Trinajstić information content (AvgIpc) is 2.81. The fourth-order valence-corrected chi connectivity index (χ4v) is 2.74. The molecule has 6 nitrogen and oxygen atoms in total. The summed E-state index contributed by atoms with van der Waals surface area (Å²) in [4.78, 5) is 14.2. The van der Waals surface area contributed by atoms with E-state index < -0.39 is 0 Å². The van der Waals surface area contributed by atoms with Crippen LogP contribution in [0, 0.1) is 5.92 Å². The molecule has 0 radical (unpaired) electrons. The third kappa shape index (κ3) is 4.28. The van der Waals surface area contributed by atoms with Crippen LogP contribution in [0.1, 0.15) is 35.8 Å². The number of aromatic nitrogens is 2. The van der Waals surface area contributed by atoms with Crippen molar-refractivity contribution < 1.29 is 14.3 Å². The zero-order valence-electron chi connectivity index (χ0n) is 13.2. The van der Waals surface area contributed by atoms with Crippen molar-refractivity contribution >= 4 is 5.97 Å². The van der Waals surface area contributed by atoms with E-state index >= 15 is 0 Å². The lowest BCUT2D eigenvalue weighted by Gasteiger charge is -2.27. The van der Waals surface area contributed by atoms with Crippen LogP contribution in [0.25, 0.3) is 0 Å². The number of aryl methyl sites for hydroxylation is 1. The van der Waals surface area contributed by atoms with Crippen molar-refractivity contribution in [3.05, 3.63) is 17.5 Å². The monoisotopic (exact) mass is 295 g/mol. The topological polar surface area (TPSA) is 56.6 Å². The second kappa shape index (κ2) is 7.56. The molecule has 21 heavy (non-hydrogen) atoms. The van der Waals surface area contributed by atoms with Crippen LogP contribution in [0.5, 0.6) is 0 Å². The van der Waals surface area contributed by atoms with Gasteiger partial charge in [-0.3, -0.25) is 4.68 Å². The van der Waals surface area contributed by atoms with Gasteiger partial charge in [-0.05, 0) is 32.7 Å². The van der Waals surface area contributed by atoms with Gasteiger partial charge in [0.15, 0.2) is 0 Å². The van der Waals surface area contributed by atoms with E-state index in [1.807, 2.05) is 14.0 Å². The zero-order valence-corrected chi connectivity index (χ0v) is 13.2. The number of esters is 1. The highest BCUT2D eigenvalue weighted by Crippen LogP contribution is 2.17. The smallest absolute Gasteiger partial charge is 0.341 e. The number of ether oxygens (including phenoxy) is 2. The van der Waals surface area contributed by atoms with Gasteiger partial charge in [-0.15, -0.1) is 0 Å². The minimum atomic E-state index is -0.296. The predicted molar refractivity (Wildman–Crippen MR) is 79.0 cm³/mol. The van der Waals surface area contributed by atoms with E-state index in [9.17, 15) is 4.79 Å². The molecule has 1 atom stereocenters. The largest absolute Gasteiger partial charge is 0.462 e. The van der Waals surface area contributed by atoms with E-state index in [0.717, 1.165) is 31.9 Å². The molecule has 1 unspecified atom stereocenters. The van der Waals surface area contributed by atoms with Crippen LogP contribution in [0.15, 0.2) is 6.20 Å². The maximum atomic E-state index is 11.9. The van der Waals surface area contributed by atoms with Crippen LogP contribution in [0.3, 0.4) is 0 Å². The summed E-state index contributed by atoms with van der Waals surface area (Å²) in [7, 11) is 3.92. The minimum Gasteiger partial charge on any atom is -0.462 e. The summed E-state index contributed by atoms with van der Waals surface area (Å²) in [6, 6.07) is 0. The number of hydrogen-bond donors (Lipinski definition) is 0. The van der Waals surface area contributed by atoms with E-state index in [0.29, 0.717) is 24.6 Å². The van der Waals surface area contributed by atoms with Crippen LogP contribution >= 0.6 is 0 Å². The van der Waals surface area contributed by atoms with Gasteiger partial charge >= 0.3 is 5.97 Å². The van der Waals surface area contributed by atoms with Gasteiger partial charge in [0.25, 0.3) is 0 Å². The summed E-state index contributed by atoms with van der Waals surface area (Å²) in [6.07, 6.45) is 3.93. The van der Waals surface area contributed by atoms with Gasteiger partial charge in [0.2, 0.25) is 0 Å². The lowest BCUT2D eigenvalue weighted by Crippen LogP contribution is -2.31. The van der Waals surface area contributed by atoms with E-state index in [2.05, 4.69) is 17.0 Å². The van der Waals surface area contributed by atoms with Crippen molar-refractivity contribution in [3.63, 3.8) is 0 Å². The van der Waals surface area contributed by atoms with Crippen LogP contribution < -0.4 is 0 Å². The van der Waals surface area contributed by atoms with Crippen molar-refractivity contribution in [2.24, 2.45) is 13.0 Å². The quantitative estimate of drug-likeness (QED) is 0.744. The molecule has 1 fully saturated rings. The first kappa shape index (κ1) is 16.0. The Morgan fingerprint density at radius 1 is 1.62 bits per heavy atom. The first-order chi connectivity index (χ1) is 10.1. The van der Waals surface area contributed by atoms with Gasteiger partial charge < -0.3 is 14.4 Å². The van der Waals surface area contributed by atoms with Gasteiger partial charge in [0, 0.05) is 26.7 Å². The molecule has 0 spiro atoms. The Hall–Kier alpha value is -1.40. The normalized spacial score (nSPS) is 19.0. The standard InChI is InChI=1S/C15H25N3O3/c1-4-21-15(19)13-8-16-18(3)14(13)10-17(2)9-12-6-5-7-20-11-12/h8,12H,4-7,9-11H2,1-3H3. The molecule has 0 aromatic carbocycles. The van der Waals surface area contributed by atoms with Crippen LogP contribution in [-0.4, -0.2) is 54.1 Å². The van der Waals surface area contributed by atoms with Crippen LogP contribution in [-0.2, 0) is 23.1 Å². The molecule has 1 aliphatic heterocycles. The molecule has 2 heterocycles. The number of rotatable bonds is 6. The van der Waals surface area contributed by atoms with Crippen LogP contribution in [0.2, 0.25) is 0 Å². The van der Waals surface area contributed by atoms with Crippen molar-refractivity contribution in [1.29, 1.82) is 0 Å². The third-order valence-corrected chi connectivity index (χ3v) is 3.80. The summed E-state index contributed by atoms with van der Waals surface area (Å²) >= 11 is 0. The van der Waals surface area contributed by atoms with Gasteiger partial charge in [-0.25, -0.2) is 4.79 Å². The second-order valence-corrected chi connectivity index (χ2v) is 5.63. The number of carbonyl (C=O) groups is 1. The SMILES string of the molecule is CCOC(=O)c1cnn(C)c1CN(C)CC1CCCOC1. The predicted octanol–water partition coefficient (Wildman–Crippen LogP) is 1.46. The lowest BCUT2D eigenvalue weighted by atomic mass is 10.0. The molecule has 118 valence electrons. The summed E-state index contributed by atoms with van der Waals surface area (Å²) < 4.78 is 12.4. The minimum absolute atomic E-state index is 0.296. The molecule has 1 aliphatic rings. The summed E-state index contributed by atoms with van der Waals surface area (Å²) in [5.74, 6) is 0.276. The number of carbonyl (C=O) groups excluding carboxylic acids is 1. The Balaban J connectivity index is 1.97. The fourth-order valence-electron chi connectivity index (χ4n) is 2.74. The number of hydrogen-bond acceptors (Lipinski definition) is 5. The van der Waals surface area contributed by atoms with Crippen molar-refractivity contribution in [2.45, 2.75) is 26.3 Å². The van der Waals surface area contributed by atoms with Gasteiger partial charge in [0.1, 0.15) is 5.56 Å². The summed E-state index contributed by atoms with van der Waals surface area (Å²) in [5.41, 5.74) is 1.46. The second-order valence-electron chi connectivity index (χ2n) is 5.63. The molecule has 2 rings (SSSR count). The van der Waals surface area contributed by atoms with Gasteiger partial charge in [0.05, 0.1) is 25.1 Å². The molecule has 0 N–H and O–H groups in total. The molecule has 1 aromatic rings. The molecule has 6 heteroatoms. The Morgan fingerprint density at radius 2 is 2.43 bits per heavy atom. The molecule has 0 bridgehead atoms. The highest BCUT2D eigenvalue weighted by atomic mass is 16.5. The molecule has 0 saturated carbocycles. The first-order valence-corrected chi connectivity index (χ1v) is 7.56. The Kier molecular flexibility index (Phi) is 5.76. The van der Waals surface area contributed by atoms with Gasteiger partial charge in [-0.2, -0.15) is 5.10 Å². The molecular formula is C15H25N3O3.